The SMILES string of the molecule is CCNC(=S)S[Se]SC(=S)NCC. The molecule has 0 aliphatic rings. The standard InChI is InChI=1S/C6H12N2S4Se/c1-3-7-5(9)11-13-12-6(10)8-4-2/h3-4H2,1-2H3,(H,7,9)(H,8,10). The zero-order valence-electron chi connectivity index (χ0n) is 7.46. The predicted octanol–water partition coefficient (Wildman–Crippen LogP) is 1.78. The van der Waals surface area contributed by atoms with Gasteiger partial charge in [0.1, 0.15) is 0 Å². The quantitative estimate of drug-likeness (QED) is 0.605. The minimum atomic E-state index is 0.346. The zero-order valence-corrected chi connectivity index (χ0v) is 12.4. The van der Waals surface area contributed by atoms with Gasteiger partial charge in [-0.15, -0.1) is 0 Å². The molecule has 0 rings (SSSR count). The molecule has 0 saturated carbocycles. The van der Waals surface area contributed by atoms with E-state index < -0.39 is 0 Å². The molecule has 0 aromatic rings. The summed E-state index contributed by atoms with van der Waals surface area (Å²) in [6.45, 7) is 5.86. The second kappa shape index (κ2) is 9.55. The summed E-state index contributed by atoms with van der Waals surface area (Å²) < 4.78 is 1.74. The van der Waals surface area contributed by atoms with Crippen molar-refractivity contribution in [1.82, 2.24) is 10.6 Å². The van der Waals surface area contributed by atoms with Gasteiger partial charge in [-0.3, -0.25) is 0 Å². The van der Waals surface area contributed by atoms with Crippen LogP contribution in [0.15, 0.2) is 0 Å². The van der Waals surface area contributed by atoms with Crippen molar-refractivity contribution in [2.24, 2.45) is 0 Å². The molecule has 13 heavy (non-hydrogen) atoms. The first kappa shape index (κ1) is 14.0. The van der Waals surface area contributed by atoms with Gasteiger partial charge in [0.2, 0.25) is 0 Å². The van der Waals surface area contributed by atoms with Gasteiger partial charge in [-0.1, -0.05) is 0 Å². The van der Waals surface area contributed by atoms with Gasteiger partial charge in [-0.05, 0) is 0 Å². The van der Waals surface area contributed by atoms with E-state index in [0.29, 0.717) is 12.7 Å². The Bertz CT molecular complexity index is 158. The molecule has 0 aliphatic heterocycles. The fourth-order valence-corrected chi connectivity index (χ4v) is 8.07. The Labute approximate surface area is 103 Å². The van der Waals surface area contributed by atoms with Crippen molar-refractivity contribution in [3.05, 3.63) is 0 Å². The minimum absolute atomic E-state index is 0.346. The monoisotopic (exact) mass is 320 g/mol. The van der Waals surface area contributed by atoms with Crippen LogP contribution in [0, 0.1) is 0 Å². The van der Waals surface area contributed by atoms with Crippen LogP contribution in [0.4, 0.5) is 0 Å². The summed E-state index contributed by atoms with van der Waals surface area (Å²) in [7, 11) is 3.35. The molecule has 0 aromatic carbocycles. The van der Waals surface area contributed by atoms with Gasteiger partial charge in [0.15, 0.2) is 0 Å². The Morgan fingerprint density at radius 1 is 1.08 bits per heavy atom. The van der Waals surface area contributed by atoms with Crippen LogP contribution in [0.2, 0.25) is 0 Å². The van der Waals surface area contributed by atoms with Gasteiger partial charge in [-0.2, -0.15) is 0 Å². The van der Waals surface area contributed by atoms with Crippen LogP contribution in [0.3, 0.4) is 0 Å². The molecule has 2 N–H and O–H groups in total. The van der Waals surface area contributed by atoms with Crippen molar-refractivity contribution in [3.63, 3.8) is 0 Å². The van der Waals surface area contributed by atoms with E-state index in [1.165, 1.54) is 0 Å². The van der Waals surface area contributed by atoms with E-state index in [1.807, 2.05) is 13.8 Å². The van der Waals surface area contributed by atoms with E-state index in [0.717, 1.165) is 21.7 Å². The van der Waals surface area contributed by atoms with Crippen molar-refractivity contribution in [3.8, 4) is 0 Å². The molecule has 7 heteroatoms. The van der Waals surface area contributed by atoms with Gasteiger partial charge >= 0.3 is 104 Å². The summed E-state index contributed by atoms with van der Waals surface area (Å²) in [6, 6.07) is 0. The van der Waals surface area contributed by atoms with Gasteiger partial charge < -0.3 is 0 Å². The number of nitrogens with one attached hydrogen (secondary N) is 2. The number of hydrogen-bond acceptors (Lipinski definition) is 4. The summed E-state index contributed by atoms with van der Waals surface area (Å²) in [5.41, 5.74) is 0. The van der Waals surface area contributed by atoms with Gasteiger partial charge in [0.25, 0.3) is 0 Å². The van der Waals surface area contributed by atoms with Crippen LogP contribution in [0.5, 0.6) is 0 Å². The molecule has 0 amide bonds. The summed E-state index contributed by atoms with van der Waals surface area (Å²) in [5, 5.41) is 6.17. The Morgan fingerprint density at radius 2 is 1.46 bits per heavy atom. The van der Waals surface area contributed by atoms with Gasteiger partial charge in [0.05, 0.1) is 0 Å². The normalized spacial score (nSPS) is 9.38. The number of thiocarbonyl (C=S) groups is 2. The summed E-state index contributed by atoms with van der Waals surface area (Å²) in [4.78, 5) is 0. The second-order valence-corrected chi connectivity index (χ2v) is 9.57. The molecular formula is C6H12N2S4Se. The molecule has 2 nitrogen and oxygen atoms in total. The molecule has 0 fully saturated rings. The van der Waals surface area contributed by atoms with E-state index in [9.17, 15) is 0 Å². The topological polar surface area (TPSA) is 24.1 Å². The molecule has 0 unspecified atom stereocenters. The fourth-order valence-electron chi connectivity index (χ4n) is 0.426. The van der Waals surface area contributed by atoms with Crippen molar-refractivity contribution >= 4 is 66.2 Å². The molecule has 0 spiro atoms. The Kier molecular flexibility index (Phi) is 10.3. The zero-order chi connectivity index (χ0) is 10.1. The van der Waals surface area contributed by atoms with Crippen molar-refractivity contribution in [2.45, 2.75) is 13.8 Å². The first-order chi connectivity index (χ1) is 6.20. The van der Waals surface area contributed by atoms with Crippen LogP contribution >= 0.6 is 44.8 Å². The maximum absolute atomic E-state index is 5.06. The third-order valence-corrected chi connectivity index (χ3v) is 8.88. The first-order valence-electron chi connectivity index (χ1n) is 3.77. The number of rotatable bonds is 4. The number of hydrogen-bond donors (Lipinski definition) is 2. The molecule has 0 atom stereocenters. The molecule has 0 heterocycles. The van der Waals surface area contributed by atoms with E-state index in [1.54, 1.807) is 20.4 Å². The predicted molar refractivity (Wildman–Crippen MR) is 73.5 cm³/mol. The van der Waals surface area contributed by atoms with E-state index in [2.05, 4.69) is 10.6 Å². The molecule has 0 aliphatic carbocycles. The van der Waals surface area contributed by atoms with Gasteiger partial charge in [-0.25, -0.2) is 0 Å². The Hall–Kier alpha value is 0.999. The Balaban J connectivity index is 3.33. The molecule has 0 radical (unpaired) electrons. The summed E-state index contributed by atoms with van der Waals surface area (Å²) in [5.74, 6) is 0. The van der Waals surface area contributed by atoms with Crippen LogP contribution in [0.25, 0.3) is 0 Å². The molecule has 76 valence electrons. The van der Waals surface area contributed by atoms with Crippen LogP contribution < -0.4 is 10.6 Å². The maximum atomic E-state index is 5.06. The third-order valence-electron chi connectivity index (χ3n) is 0.862. The third kappa shape index (κ3) is 9.31. The van der Waals surface area contributed by atoms with Crippen LogP contribution in [-0.2, 0) is 0 Å². The summed E-state index contributed by atoms with van der Waals surface area (Å²) >= 11 is 10.5. The van der Waals surface area contributed by atoms with Crippen LogP contribution in [-0.4, -0.2) is 34.4 Å². The van der Waals surface area contributed by atoms with Crippen molar-refractivity contribution in [1.29, 1.82) is 0 Å². The second-order valence-electron chi connectivity index (χ2n) is 1.87. The van der Waals surface area contributed by atoms with E-state index >= 15 is 0 Å². The molecule has 0 aromatic heterocycles. The van der Waals surface area contributed by atoms with Gasteiger partial charge in [0, 0.05) is 0 Å². The van der Waals surface area contributed by atoms with E-state index in [4.69, 9.17) is 24.4 Å². The molecule has 0 saturated heterocycles. The van der Waals surface area contributed by atoms with E-state index in [-0.39, 0.29) is 0 Å². The van der Waals surface area contributed by atoms with Crippen molar-refractivity contribution in [2.75, 3.05) is 13.1 Å². The molecule has 0 bridgehead atoms. The first-order valence-corrected chi connectivity index (χ1v) is 10.3. The average molecular weight is 319 g/mol. The molecular weight excluding hydrogens is 307 g/mol. The fraction of sp³-hybridized carbons (Fsp3) is 0.667. The Morgan fingerprint density at radius 3 is 1.77 bits per heavy atom. The average Bonchev–Trinajstić information content (AvgIpc) is 2.05. The summed E-state index contributed by atoms with van der Waals surface area (Å²) in [6.07, 6.45) is 0. The van der Waals surface area contributed by atoms with Crippen molar-refractivity contribution < 1.29 is 0 Å². The van der Waals surface area contributed by atoms with Crippen LogP contribution in [0.1, 0.15) is 13.8 Å².